The van der Waals surface area contributed by atoms with E-state index >= 15 is 0 Å². The molecule has 0 saturated carbocycles. The maximum absolute atomic E-state index is 13.3. The Kier molecular flexibility index (Phi) is 5.34. The van der Waals surface area contributed by atoms with Crippen LogP contribution < -0.4 is 0 Å². The van der Waals surface area contributed by atoms with E-state index in [4.69, 9.17) is 0 Å². The van der Waals surface area contributed by atoms with Crippen LogP contribution in [0, 0.1) is 5.82 Å². The Balaban J connectivity index is 2.53. The van der Waals surface area contributed by atoms with Gasteiger partial charge >= 0.3 is 12.4 Å². The van der Waals surface area contributed by atoms with Gasteiger partial charge in [-0.05, 0) is 30.3 Å². The van der Waals surface area contributed by atoms with Gasteiger partial charge in [0.25, 0.3) is 10.1 Å². The van der Waals surface area contributed by atoms with Gasteiger partial charge in [0, 0.05) is 5.56 Å². The summed E-state index contributed by atoms with van der Waals surface area (Å²) in [5.41, 5.74) is -3.09. The summed E-state index contributed by atoms with van der Waals surface area (Å²) in [5, 5.41) is 0. The van der Waals surface area contributed by atoms with Crippen molar-refractivity contribution in [1.29, 1.82) is 0 Å². The van der Waals surface area contributed by atoms with Crippen molar-refractivity contribution in [3.05, 3.63) is 65.5 Å². The Hall–Kier alpha value is -2.14. The highest BCUT2D eigenvalue weighted by molar-refractivity contribution is 7.86. The van der Waals surface area contributed by atoms with Crippen molar-refractivity contribution in [2.24, 2.45) is 0 Å². The third-order valence-corrected chi connectivity index (χ3v) is 4.47. The van der Waals surface area contributed by atoms with Crippen LogP contribution in [0.5, 0.6) is 0 Å². The monoisotopic (exact) mass is 402 g/mol. The average Bonchev–Trinajstić information content (AvgIpc) is 2.51. The Bertz CT molecular complexity index is 871. The van der Waals surface area contributed by atoms with Crippen LogP contribution in [0.3, 0.4) is 0 Å². The van der Waals surface area contributed by atoms with Crippen LogP contribution in [0.25, 0.3) is 0 Å². The molecule has 2 aromatic carbocycles. The minimum atomic E-state index is -5.46. The minimum Gasteiger partial charge on any atom is -0.248 e. The maximum Gasteiger partial charge on any atom is 0.420 e. The zero-order valence-corrected chi connectivity index (χ0v) is 13.3. The number of halogens is 7. The van der Waals surface area contributed by atoms with Crippen molar-refractivity contribution in [3.8, 4) is 0 Å². The zero-order valence-electron chi connectivity index (χ0n) is 12.5. The largest absolute Gasteiger partial charge is 0.420 e. The van der Waals surface area contributed by atoms with E-state index in [1.807, 2.05) is 0 Å². The molecule has 0 unspecified atom stereocenters. The first-order chi connectivity index (χ1) is 11.8. The lowest BCUT2D eigenvalue weighted by molar-refractivity contribution is -0.199. The van der Waals surface area contributed by atoms with E-state index in [0.29, 0.717) is 36.4 Å². The molecular weight excluding hydrogens is 393 g/mol. The summed E-state index contributed by atoms with van der Waals surface area (Å²) in [7, 11) is -5.12. The van der Waals surface area contributed by atoms with Gasteiger partial charge in [-0.25, -0.2) is 8.57 Å². The SMILES string of the molecule is O=S(=O)(O[C@H](c1ccccc1C(F)(F)F)C(F)(F)F)c1ccc(F)cc1. The fourth-order valence-electron chi connectivity index (χ4n) is 2.05. The van der Waals surface area contributed by atoms with Gasteiger partial charge in [0.15, 0.2) is 6.10 Å². The first kappa shape index (κ1) is 20.2. The maximum atomic E-state index is 13.3. The second-order valence-corrected chi connectivity index (χ2v) is 6.58. The van der Waals surface area contributed by atoms with E-state index in [1.54, 1.807) is 0 Å². The fraction of sp³-hybridized carbons (Fsp3) is 0.200. The zero-order chi connectivity index (χ0) is 19.8. The molecule has 2 rings (SSSR count). The van der Waals surface area contributed by atoms with E-state index < -0.39 is 50.4 Å². The highest BCUT2D eigenvalue weighted by atomic mass is 32.2. The molecule has 0 saturated heterocycles. The van der Waals surface area contributed by atoms with Gasteiger partial charge in [0.05, 0.1) is 10.5 Å². The summed E-state index contributed by atoms with van der Waals surface area (Å²) in [6.45, 7) is 0. The highest BCUT2D eigenvalue weighted by Gasteiger charge is 2.49. The Morgan fingerprint density at radius 2 is 1.38 bits per heavy atom. The molecule has 2 aromatic rings. The van der Waals surface area contributed by atoms with Gasteiger partial charge in [-0.15, -0.1) is 0 Å². The molecular formula is C15H9F7O3S. The van der Waals surface area contributed by atoms with Crippen molar-refractivity contribution in [2.75, 3.05) is 0 Å². The summed E-state index contributed by atoms with van der Waals surface area (Å²) in [6.07, 6.45) is -14.0. The van der Waals surface area contributed by atoms with Crippen LogP contribution in [0.1, 0.15) is 17.2 Å². The Labute approximate surface area is 143 Å². The molecule has 0 spiro atoms. The number of benzene rings is 2. The molecule has 0 aliphatic carbocycles. The summed E-state index contributed by atoms with van der Waals surface area (Å²) in [6, 6.07) is 5.17. The Morgan fingerprint density at radius 3 is 1.88 bits per heavy atom. The van der Waals surface area contributed by atoms with E-state index in [0.717, 1.165) is 12.1 Å². The third kappa shape index (κ3) is 4.52. The number of alkyl halides is 6. The molecule has 3 nitrogen and oxygen atoms in total. The lowest BCUT2D eigenvalue weighted by atomic mass is 10.0. The van der Waals surface area contributed by atoms with Crippen LogP contribution in [-0.2, 0) is 20.5 Å². The molecule has 0 aromatic heterocycles. The summed E-state index contributed by atoms with van der Waals surface area (Å²) in [4.78, 5) is -0.836. The normalized spacial score (nSPS) is 14.3. The van der Waals surface area contributed by atoms with Gasteiger partial charge in [-0.1, -0.05) is 18.2 Å². The lowest BCUT2D eigenvalue weighted by Gasteiger charge is -2.23. The van der Waals surface area contributed by atoms with E-state index in [1.165, 1.54) is 0 Å². The van der Waals surface area contributed by atoms with Crippen molar-refractivity contribution in [1.82, 2.24) is 0 Å². The second-order valence-electron chi connectivity index (χ2n) is 5.01. The fourth-order valence-corrected chi connectivity index (χ4v) is 3.10. The second kappa shape index (κ2) is 6.88. The first-order valence-corrected chi connectivity index (χ1v) is 8.15. The number of hydrogen-bond acceptors (Lipinski definition) is 3. The predicted octanol–water partition coefficient (Wildman–Crippen LogP) is 4.85. The van der Waals surface area contributed by atoms with Gasteiger partial charge in [-0.3, -0.25) is 0 Å². The van der Waals surface area contributed by atoms with E-state index in [-0.39, 0.29) is 0 Å². The predicted molar refractivity (Wildman–Crippen MR) is 74.9 cm³/mol. The van der Waals surface area contributed by atoms with Crippen molar-refractivity contribution < 1.29 is 43.3 Å². The highest BCUT2D eigenvalue weighted by Crippen LogP contribution is 2.43. The molecule has 0 aliphatic heterocycles. The average molecular weight is 402 g/mol. The molecule has 0 bridgehead atoms. The van der Waals surface area contributed by atoms with Crippen molar-refractivity contribution in [3.63, 3.8) is 0 Å². The summed E-state index contributed by atoms with van der Waals surface area (Å²) >= 11 is 0. The topological polar surface area (TPSA) is 43.4 Å². The van der Waals surface area contributed by atoms with Gasteiger partial charge < -0.3 is 0 Å². The molecule has 1 atom stereocenters. The van der Waals surface area contributed by atoms with E-state index in [9.17, 15) is 39.2 Å². The summed E-state index contributed by atoms with van der Waals surface area (Å²) in [5.74, 6) is -0.862. The number of hydrogen-bond donors (Lipinski definition) is 0. The van der Waals surface area contributed by atoms with Crippen LogP contribution in [-0.4, -0.2) is 14.6 Å². The number of rotatable bonds is 4. The van der Waals surface area contributed by atoms with Crippen LogP contribution >= 0.6 is 0 Å². The van der Waals surface area contributed by atoms with E-state index in [2.05, 4.69) is 4.18 Å². The summed E-state index contributed by atoms with van der Waals surface area (Å²) < 4.78 is 120. The standard InChI is InChI=1S/C15H9F7O3S/c16-9-5-7-10(8-6-9)26(23,24)25-13(15(20,21)22)11-3-1-2-4-12(11)14(17,18)19/h1-8,13H/t13-/m1/s1. The first-order valence-electron chi connectivity index (χ1n) is 6.74. The van der Waals surface area contributed by atoms with Gasteiger partial charge in [0.1, 0.15) is 5.82 Å². The molecule has 11 heteroatoms. The smallest absolute Gasteiger partial charge is 0.248 e. The molecule has 142 valence electrons. The molecule has 0 N–H and O–H groups in total. The van der Waals surface area contributed by atoms with Crippen molar-refractivity contribution in [2.45, 2.75) is 23.4 Å². The quantitative estimate of drug-likeness (QED) is 0.542. The van der Waals surface area contributed by atoms with Crippen LogP contribution in [0.15, 0.2) is 53.4 Å². The van der Waals surface area contributed by atoms with Crippen LogP contribution in [0.2, 0.25) is 0 Å². The van der Waals surface area contributed by atoms with Crippen LogP contribution in [0.4, 0.5) is 30.7 Å². The Morgan fingerprint density at radius 1 is 0.846 bits per heavy atom. The molecule has 0 heterocycles. The van der Waals surface area contributed by atoms with Gasteiger partial charge in [0.2, 0.25) is 0 Å². The molecule has 0 fully saturated rings. The lowest BCUT2D eigenvalue weighted by Crippen LogP contribution is -2.28. The third-order valence-electron chi connectivity index (χ3n) is 3.17. The molecule has 0 amide bonds. The molecule has 0 aliphatic rings. The molecule has 0 radical (unpaired) electrons. The molecule has 26 heavy (non-hydrogen) atoms. The van der Waals surface area contributed by atoms with Crippen molar-refractivity contribution >= 4 is 10.1 Å². The minimum absolute atomic E-state index is 0.377. The van der Waals surface area contributed by atoms with Gasteiger partial charge in [-0.2, -0.15) is 34.8 Å².